The molecular formula is C19H21FN3O3S+. The van der Waals surface area contributed by atoms with Gasteiger partial charge in [-0.2, -0.15) is 4.68 Å². The Morgan fingerprint density at radius 3 is 2.48 bits per heavy atom. The average Bonchev–Trinajstić information content (AvgIpc) is 3.01. The Balaban J connectivity index is 1.79. The molecule has 8 heteroatoms. The van der Waals surface area contributed by atoms with Crippen LogP contribution in [0.3, 0.4) is 0 Å². The average molecular weight is 390 g/mol. The summed E-state index contributed by atoms with van der Waals surface area (Å²) in [5, 5.41) is 4.47. The number of methoxy groups -OCH3 is 2. The summed E-state index contributed by atoms with van der Waals surface area (Å²) < 4.78 is 31.2. The molecule has 3 aromatic rings. The highest BCUT2D eigenvalue weighted by Crippen LogP contribution is 2.28. The third-order valence-electron chi connectivity index (χ3n) is 4.02. The van der Waals surface area contributed by atoms with Gasteiger partial charge in [0.1, 0.15) is 23.9 Å². The zero-order valence-electron chi connectivity index (χ0n) is 15.4. The lowest BCUT2D eigenvalue weighted by molar-refractivity contribution is -0.917. The SMILES string of the molecule is COc1cc(OC)cc(-c2nn(C[NH+](C)Cc3cccc(F)c3)c(=S)o2)c1. The van der Waals surface area contributed by atoms with E-state index in [2.05, 4.69) is 5.10 Å². The highest BCUT2D eigenvalue weighted by Gasteiger charge is 2.14. The van der Waals surface area contributed by atoms with Crippen molar-refractivity contribution in [3.63, 3.8) is 0 Å². The molecule has 0 bridgehead atoms. The maximum atomic E-state index is 13.3. The molecule has 0 aliphatic heterocycles. The molecule has 6 nitrogen and oxygen atoms in total. The van der Waals surface area contributed by atoms with E-state index in [0.29, 0.717) is 36.2 Å². The van der Waals surface area contributed by atoms with Gasteiger partial charge < -0.3 is 18.8 Å². The maximum absolute atomic E-state index is 13.3. The quantitative estimate of drug-likeness (QED) is 0.629. The van der Waals surface area contributed by atoms with Crippen LogP contribution < -0.4 is 14.4 Å². The molecule has 1 N–H and O–H groups in total. The lowest BCUT2D eigenvalue weighted by atomic mass is 10.2. The Kier molecular flexibility index (Phi) is 5.88. The Morgan fingerprint density at radius 2 is 1.85 bits per heavy atom. The first-order chi connectivity index (χ1) is 13.0. The van der Waals surface area contributed by atoms with Crippen molar-refractivity contribution in [2.75, 3.05) is 21.3 Å². The van der Waals surface area contributed by atoms with Gasteiger partial charge in [0.2, 0.25) is 5.89 Å². The normalized spacial score (nSPS) is 12.0. The minimum atomic E-state index is -0.243. The van der Waals surface area contributed by atoms with E-state index in [1.807, 2.05) is 13.1 Å². The number of nitrogens with one attached hydrogen (secondary N) is 1. The van der Waals surface area contributed by atoms with Gasteiger partial charge in [-0.15, -0.1) is 5.10 Å². The molecule has 0 aliphatic rings. The fraction of sp³-hybridized carbons (Fsp3) is 0.263. The number of quaternary nitrogens is 1. The van der Waals surface area contributed by atoms with Gasteiger partial charge in [0.15, 0.2) is 6.67 Å². The number of hydrogen-bond acceptors (Lipinski definition) is 5. The number of aromatic nitrogens is 2. The van der Waals surface area contributed by atoms with Crippen molar-refractivity contribution >= 4 is 12.2 Å². The van der Waals surface area contributed by atoms with Crippen LogP contribution in [0.1, 0.15) is 5.56 Å². The van der Waals surface area contributed by atoms with Crippen LogP contribution in [-0.4, -0.2) is 31.0 Å². The third kappa shape index (κ3) is 4.72. The van der Waals surface area contributed by atoms with E-state index in [9.17, 15) is 4.39 Å². The number of benzene rings is 2. The minimum absolute atomic E-state index is 0.243. The van der Waals surface area contributed by atoms with Crippen molar-refractivity contribution < 1.29 is 23.2 Å². The smallest absolute Gasteiger partial charge is 0.292 e. The van der Waals surface area contributed by atoms with Crippen molar-refractivity contribution in [2.45, 2.75) is 13.2 Å². The minimum Gasteiger partial charge on any atom is -0.497 e. The van der Waals surface area contributed by atoms with E-state index in [1.54, 1.807) is 43.2 Å². The third-order valence-corrected chi connectivity index (χ3v) is 4.31. The van der Waals surface area contributed by atoms with Crippen LogP contribution in [0, 0.1) is 10.7 Å². The molecule has 0 saturated carbocycles. The van der Waals surface area contributed by atoms with Gasteiger partial charge in [0.25, 0.3) is 4.84 Å². The molecule has 1 aromatic heterocycles. The summed E-state index contributed by atoms with van der Waals surface area (Å²) in [7, 11) is 5.14. The largest absolute Gasteiger partial charge is 0.497 e. The molecule has 0 saturated heterocycles. The number of hydrogen-bond donors (Lipinski definition) is 1. The van der Waals surface area contributed by atoms with Crippen molar-refractivity contribution in [2.24, 2.45) is 0 Å². The number of rotatable bonds is 7. The maximum Gasteiger partial charge on any atom is 0.292 e. The Morgan fingerprint density at radius 1 is 1.15 bits per heavy atom. The van der Waals surface area contributed by atoms with Crippen molar-refractivity contribution in [1.82, 2.24) is 9.78 Å². The Bertz CT molecular complexity index is 964. The molecule has 0 spiro atoms. The van der Waals surface area contributed by atoms with E-state index >= 15 is 0 Å². The molecule has 1 heterocycles. The lowest BCUT2D eigenvalue weighted by Gasteiger charge is -2.13. The first kappa shape index (κ1) is 19.1. The standard InChI is InChI=1S/C19H20FN3O3S/c1-22(11-13-5-4-6-15(20)7-13)12-23-19(27)26-18(21-23)14-8-16(24-2)10-17(9-14)25-3/h4-10H,11-12H2,1-3H3/p+1. The molecule has 27 heavy (non-hydrogen) atoms. The summed E-state index contributed by atoms with van der Waals surface area (Å²) in [5.74, 6) is 1.41. The summed E-state index contributed by atoms with van der Waals surface area (Å²) in [4.78, 5) is 1.35. The number of halogens is 1. The van der Waals surface area contributed by atoms with Gasteiger partial charge >= 0.3 is 0 Å². The van der Waals surface area contributed by atoms with Crippen LogP contribution in [0.5, 0.6) is 11.5 Å². The van der Waals surface area contributed by atoms with Crippen molar-refractivity contribution in [3.05, 3.63) is 58.7 Å². The lowest BCUT2D eigenvalue weighted by Crippen LogP contribution is -3.07. The van der Waals surface area contributed by atoms with Gasteiger partial charge in [-0.05, 0) is 36.5 Å². The summed E-state index contributed by atoms with van der Waals surface area (Å²) in [6, 6.07) is 11.9. The fourth-order valence-electron chi connectivity index (χ4n) is 2.76. The molecule has 3 rings (SSSR count). The van der Waals surface area contributed by atoms with Crippen LogP contribution in [0.15, 0.2) is 46.9 Å². The highest BCUT2D eigenvalue weighted by molar-refractivity contribution is 7.71. The topological polar surface area (TPSA) is 53.9 Å². The van der Waals surface area contributed by atoms with E-state index in [4.69, 9.17) is 26.1 Å². The van der Waals surface area contributed by atoms with Gasteiger partial charge in [-0.25, -0.2) is 4.39 Å². The monoisotopic (exact) mass is 390 g/mol. The van der Waals surface area contributed by atoms with Crippen LogP contribution in [0.2, 0.25) is 0 Å². The number of nitrogens with zero attached hydrogens (tertiary/aromatic N) is 2. The second kappa shape index (κ2) is 8.32. The van der Waals surface area contributed by atoms with Crippen LogP contribution in [0.25, 0.3) is 11.5 Å². The second-order valence-corrected chi connectivity index (χ2v) is 6.55. The van der Waals surface area contributed by atoms with E-state index < -0.39 is 0 Å². The zero-order valence-corrected chi connectivity index (χ0v) is 16.2. The molecule has 142 valence electrons. The van der Waals surface area contributed by atoms with Gasteiger partial charge in [-0.3, -0.25) is 0 Å². The van der Waals surface area contributed by atoms with Crippen LogP contribution in [0.4, 0.5) is 4.39 Å². The number of ether oxygens (including phenoxy) is 2. The van der Waals surface area contributed by atoms with Crippen LogP contribution in [-0.2, 0) is 13.2 Å². The molecule has 1 unspecified atom stereocenters. The predicted octanol–water partition coefficient (Wildman–Crippen LogP) is 2.70. The van der Waals surface area contributed by atoms with Crippen molar-refractivity contribution in [3.8, 4) is 23.0 Å². The zero-order chi connectivity index (χ0) is 19.4. The van der Waals surface area contributed by atoms with Gasteiger partial charge in [0.05, 0.1) is 21.3 Å². The fourth-order valence-corrected chi connectivity index (χ4v) is 2.95. The second-order valence-electron chi connectivity index (χ2n) is 6.20. The predicted molar refractivity (Wildman–Crippen MR) is 101 cm³/mol. The van der Waals surface area contributed by atoms with Crippen LogP contribution >= 0.6 is 12.2 Å². The molecule has 2 aromatic carbocycles. The summed E-state index contributed by atoms with van der Waals surface area (Å²) in [6.07, 6.45) is 0. The summed E-state index contributed by atoms with van der Waals surface area (Å²) in [5.41, 5.74) is 1.61. The van der Waals surface area contributed by atoms with Gasteiger partial charge in [0, 0.05) is 17.2 Å². The first-order valence-corrected chi connectivity index (χ1v) is 8.76. The van der Waals surface area contributed by atoms with E-state index in [1.165, 1.54) is 12.1 Å². The molecule has 0 radical (unpaired) electrons. The molecule has 0 fully saturated rings. The molecule has 0 amide bonds. The molecular weight excluding hydrogens is 369 g/mol. The summed E-state index contributed by atoms with van der Waals surface area (Å²) >= 11 is 5.30. The Labute approximate surface area is 161 Å². The van der Waals surface area contributed by atoms with Gasteiger partial charge in [-0.1, -0.05) is 12.1 Å². The van der Waals surface area contributed by atoms with E-state index in [0.717, 1.165) is 10.5 Å². The Hall–Kier alpha value is -2.71. The molecule has 1 atom stereocenters. The highest BCUT2D eigenvalue weighted by atomic mass is 32.1. The summed E-state index contributed by atoms with van der Waals surface area (Å²) in [6.45, 7) is 1.12. The molecule has 0 aliphatic carbocycles. The van der Waals surface area contributed by atoms with E-state index in [-0.39, 0.29) is 10.7 Å². The first-order valence-electron chi connectivity index (χ1n) is 8.35. The van der Waals surface area contributed by atoms with Crippen molar-refractivity contribution in [1.29, 1.82) is 0 Å².